The number of alkyl halides is 3. The second kappa shape index (κ2) is 4.43. The Balaban J connectivity index is 3.16. The number of aliphatic hydroxyl groups is 2. The van der Waals surface area contributed by atoms with Crippen LogP contribution in [-0.4, -0.2) is 22.5 Å². The molecule has 0 saturated carbocycles. The van der Waals surface area contributed by atoms with Gasteiger partial charge in [0, 0.05) is 6.42 Å². The van der Waals surface area contributed by atoms with Crippen LogP contribution in [0.25, 0.3) is 0 Å². The average Bonchev–Trinajstić information content (AvgIpc) is 2.16. The summed E-state index contributed by atoms with van der Waals surface area (Å²) in [5.74, 6) is 0. The number of halogens is 3. The Kier molecular flexibility index (Phi) is 3.60. The molecule has 5 heteroatoms. The quantitative estimate of drug-likeness (QED) is 0.841. The number of hydrogen-bond donors (Lipinski definition) is 2. The lowest BCUT2D eigenvalue weighted by Crippen LogP contribution is -2.44. The molecule has 0 heterocycles. The van der Waals surface area contributed by atoms with Crippen LogP contribution in [0.2, 0.25) is 0 Å². The molecule has 2 atom stereocenters. The maximum Gasteiger partial charge on any atom is 0.421 e. The minimum Gasteiger partial charge on any atom is -0.393 e. The fourth-order valence-corrected chi connectivity index (χ4v) is 1.54. The van der Waals surface area contributed by atoms with Gasteiger partial charge in [0.25, 0.3) is 0 Å². The molecule has 2 N–H and O–H groups in total. The molecular formula is C11H13F3O2. The summed E-state index contributed by atoms with van der Waals surface area (Å²) in [4.78, 5) is 0. The van der Waals surface area contributed by atoms with E-state index in [4.69, 9.17) is 5.11 Å². The zero-order chi connectivity index (χ0) is 12.4. The highest BCUT2D eigenvalue weighted by atomic mass is 19.4. The van der Waals surface area contributed by atoms with Crippen molar-refractivity contribution in [2.24, 2.45) is 0 Å². The van der Waals surface area contributed by atoms with Gasteiger partial charge in [0.1, 0.15) is 0 Å². The molecule has 1 aromatic carbocycles. The standard InChI is InChI=1S/C11H13F3O2/c1-8(15)7-10(16,11(12,13)14)9-5-3-2-4-6-9/h2-6,8,15-16H,7H2,1H3/t8-,10-/m0/s1. The maximum absolute atomic E-state index is 12.8. The van der Waals surface area contributed by atoms with Gasteiger partial charge in [0.2, 0.25) is 0 Å². The van der Waals surface area contributed by atoms with E-state index >= 15 is 0 Å². The molecule has 0 saturated heterocycles. The molecule has 0 radical (unpaired) electrons. The van der Waals surface area contributed by atoms with Crippen LogP contribution in [0.1, 0.15) is 18.9 Å². The summed E-state index contributed by atoms with van der Waals surface area (Å²) in [5, 5.41) is 18.8. The topological polar surface area (TPSA) is 40.5 Å². The number of aliphatic hydroxyl groups excluding tert-OH is 1. The Morgan fingerprint density at radius 3 is 2.06 bits per heavy atom. The number of benzene rings is 1. The monoisotopic (exact) mass is 234 g/mol. The smallest absolute Gasteiger partial charge is 0.393 e. The van der Waals surface area contributed by atoms with Gasteiger partial charge in [-0.25, -0.2) is 0 Å². The van der Waals surface area contributed by atoms with E-state index < -0.39 is 24.3 Å². The molecule has 0 aliphatic rings. The third kappa shape index (κ3) is 2.54. The Morgan fingerprint density at radius 2 is 1.69 bits per heavy atom. The van der Waals surface area contributed by atoms with E-state index in [2.05, 4.69) is 0 Å². The van der Waals surface area contributed by atoms with E-state index in [0.29, 0.717) is 0 Å². The summed E-state index contributed by atoms with van der Waals surface area (Å²) in [7, 11) is 0. The van der Waals surface area contributed by atoms with E-state index in [1.807, 2.05) is 0 Å². The summed E-state index contributed by atoms with van der Waals surface area (Å²) in [6.07, 6.45) is -6.84. The van der Waals surface area contributed by atoms with Crippen molar-refractivity contribution in [2.75, 3.05) is 0 Å². The lowest BCUT2D eigenvalue weighted by Gasteiger charge is -2.32. The van der Waals surface area contributed by atoms with Crippen molar-refractivity contribution in [1.29, 1.82) is 0 Å². The van der Waals surface area contributed by atoms with Crippen molar-refractivity contribution < 1.29 is 23.4 Å². The van der Waals surface area contributed by atoms with Gasteiger partial charge in [-0.2, -0.15) is 13.2 Å². The Morgan fingerprint density at radius 1 is 1.19 bits per heavy atom. The van der Waals surface area contributed by atoms with Gasteiger partial charge in [-0.3, -0.25) is 0 Å². The first-order chi connectivity index (χ1) is 7.27. The van der Waals surface area contributed by atoms with Crippen LogP contribution < -0.4 is 0 Å². The Bertz CT molecular complexity index is 335. The highest BCUT2D eigenvalue weighted by Gasteiger charge is 2.55. The van der Waals surface area contributed by atoms with Gasteiger partial charge in [-0.15, -0.1) is 0 Å². The normalized spacial score (nSPS) is 17.9. The van der Waals surface area contributed by atoms with Crippen LogP contribution in [-0.2, 0) is 5.60 Å². The number of rotatable bonds is 3. The predicted octanol–water partition coefficient (Wildman–Crippen LogP) is 2.21. The molecule has 1 rings (SSSR count). The molecule has 0 amide bonds. The fraction of sp³-hybridized carbons (Fsp3) is 0.455. The maximum atomic E-state index is 12.8. The van der Waals surface area contributed by atoms with Crippen molar-refractivity contribution in [3.05, 3.63) is 35.9 Å². The predicted molar refractivity (Wildman–Crippen MR) is 52.7 cm³/mol. The van der Waals surface area contributed by atoms with Crippen molar-refractivity contribution >= 4 is 0 Å². The summed E-state index contributed by atoms with van der Waals surface area (Å²) in [6.45, 7) is 1.21. The number of hydrogen-bond acceptors (Lipinski definition) is 2. The molecule has 0 aliphatic carbocycles. The highest BCUT2D eigenvalue weighted by molar-refractivity contribution is 5.24. The SMILES string of the molecule is C[C@H](O)C[C@](O)(c1ccccc1)C(F)(F)F. The van der Waals surface area contributed by atoms with Crippen LogP contribution >= 0.6 is 0 Å². The zero-order valence-corrected chi connectivity index (χ0v) is 8.70. The van der Waals surface area contributed by atoms with E-state index in [0.717, 1.165) is 0 Å². The van der Waals surface area contributed by atoms with Crippen LogP contribution in [0.3, 0.4) is 0 Å². The molecule has 1 aromatic rings. The van der Waals surface area contributed by atoms with Gasteiger partial charge < -0.3 is 10.2 Å². The minimum absolute atomic E-state index is 0.261. The van der Waals surface area contributed by atoms with E-state index in [1.54, 1.807) is 6.07 Å². The van der Waals surface area contributed by atoms with E-state index in [1.165, 1.54) is 31.2 Å². The second-order valence-corrected chi connectivity index (χ2v) is 3.78. The molecule has 0 bridgehead atoms. The third-order valence-corrected chi connectivity index (χ3v) is 2.31. The molecule has 16 heavy (non-hydrogen) atoms. The van der Waals surface area contributed by atoms with Gasteiger partial charge >= 0.3 is 6.18 Å². The first kappa shape index (κ1) is 13.0. The molecule has 0 unspecified atom stereocenters. The molecular weight excluding hydrogens is 221 g/mol. The Labute approximate surface area is 91.3 Å². The summed E-state index contributed by atoms with van der Waals surface area (Å²) in [5.41, 5.74) is -3.26. The fourth-order valence-electron chi connectivity index (χ4n) is 1.54. The molecule has 0 aromatic heterocycles. The van der Waals surface area contributed by atoms with Gasteiger partial charge in [0.15, 0.2) is 5.60 Å². The molecule has 0 aliphatic heterocycles. The van der Waals surface area contributed by atoms with Crippen LogP contribution in [0, 0.1) is 0 Å². The third-order valence-electron chi connectivity index (χ3n) is 2.31. The largest absolute Gasteiger partial charge is 0.421 e. The van der Waals surface area contributed by atoms with Crippen LogP contribution in [0.15, 0.2) is 30.3 Å². The molecule has 0 spiro atoms. The Hall–Kier alpha value is -1.07. The van der Waals surface area contributed by atoms with E-state index in [9.17, 15) is 18.3 Å². The van der Waals surface area contributed by atoms with Crippen LogP contribution in [0.5, 0.6) is 0 Å². The highest BCUT2D eigenvalue weighted by Crippen LogP contribution is 2.42. The molecule has 2 nitrogen and oxygen atoms in total. The first-order valence-corrected chi connectivity index (χ1v) is 4.80. The second-order valence-electron chi connectivity index (χ2n) is 3.78. The van der Waals surface area contributed by atoms with Crippen molar-refractivity contribution in [3.63, 3.8) is 0 Å². The molecule has 90 valence electrons. The lowest BCUT2D eigenvalue weighted by molar-refractivity contribution is -0.274. The van der Waals surface area contributed by atoms with E-state index in [-0.39, 0.29) is 5.56 Å². The minimum atomic E-state index is -4.81. The zero-order valence-electron chi connectivity index (χ0n) is 8.70. The van der Waals surface area contributed by atoms with Gasteiger partial charge in [-0.05, 0) is 12.5 Å². The van der Waals surface area contributed by atoms with Crippen molar-refractivity contribution in [3.8, 4) is 0 Å². The first-order valence-electron chi connectivity index (χ1n) is 4.80. The van der Waals surface area contributed by atoms with Crippen molar-refractivity contribution in [2.45, 2.75) is 31.2 Å². The summed E-state index contributed by atoms with van der Waals surface area (Å²) < 4.78 is 38.4. The lowest BCUT2D eigenvalue weighted by atomic mass is 9.88. The summed E-state index contributed by atoms with van der Waals surface area (Å²) >= 11 is 0. The van der Waals surface area contributed by atoms with Crippen molar-refractivity contribution in [1.82, 2.24) is 0 Å². The van der Waals surface area contributed by atoms with Crippen LogP contribution in [0.4, 0.5) is 13.2 Å². The van der Waals surface area contributed by atoms with Gasteiger partial charge in [0.05, 0.1) is 6.10 Å². The summed E-state index contributed by atoms with van der Waals surface area (Å²) in [6, 6.07) is 6.76. The average molecular weight is 234 g/mol. The molecule has 0 fully saturated rings. The van der Waals surface area contributed by atoms with Gasteiger partial charge in [-0.1, -0.05) is 30.3 Å².